The van der Waals surface area contributed by atoms with Crippen LogP contribution in [-0.2, 0) is 39.3 Å². The predicted molar refractivity (Wildman–Crippen MR) is 258 cm³/mol. The zero-order valence-corrected chi connectivity index (χ0v) is 40.7. The van der Waals surface area contributed by atoms with Gasteiger partial charge in [-0.15, -0.1) is 0 Å². The molecule has 2 saturated heterocycles. The topological polar surface area (TPSA) is 193 Å². The van der Waals surface area contributed by atoms with Gasteiger partial charge in [0.05, 0.1) is 25.8 Å². The van der Waals surface area contributed by atoms with Crippen LogP contribution in [0.5, 0.6) is 5.75 Å². The van der Waals surface area contributed by atoms with Crippen molar-refractivity contribution in [2.45, 2.75) is 67.2 Å². The SMILES string of the molecule is COc1cccc(NC2CCN(S(=O)(=O)c3ccc(CNC(=O)c4ccc(Cl)cc4)o3)CC2)c1.O=C(NCc1ccc(S(=O)(=O)N2CCC(Nc3cccc(C(F)(F)F)c3)CC2)o1)c1ccc(Cl)cc1. The van der Waals surface area contributed by atoms with Crippen LogP contribution in [0.3, 0.4) is 0 Å². The maximum absolute atomic E-state index is 13.0. The van der Waals surface area contributed by atoms with E-state index in [4.69, 9.17) is 36.8 Å². The molecule has 2 aromatic heterocycles. The molecule has 4 heterocycles. The van der Waals surface area contributed by atoms with E-state index in [-0.39, 0.29) is 66.0 Å². The number of halogens is 5. The van der Waals surface area contributed by atoms with E-state index in [0.717, 1.165) is 23.6 Å². The van der Waals surface area contributed by atoms with Crippen molar-refractivity contribution in [1.29, 1.82) is 0 Å². The van der Waals surface area contributed by atoms with Crippen LogP contribution in [0, 0.1) is 0 Å². The first kappa shape index (κ1) is 51.8. The Bertz CT molecular complexity index is 2960. The van der Waals surface area contributed by atoms with E-state index in [9.17, 15) is 39.6 Å². The van der Waals surface area contributed by atoms with Gasteiger partial charge < -0.3 is 34.8 Å². The van der Waals surface area contributed by atoms with Gasteiger partial charge in [0.2, 0.25) is 10.2 Å². The van der Waals surface area contributed by atoms with Gasteiger partial charge in [-0.05, 0) is 129 Å². The third-order valence-electron chi connectivity index (χ3n) is 11.4. The summed E-state index contributed by atoms with van der Waals surface area (Å²) >= 11 is 11.7. The van der Waals surface area contributed by atoms with Gasteiger partial charge in [0.1, 0.15) is 17.3 Å². The molecule has 0 spiro atoms. The Morgan fingerprint density at radius 3 is 1.44 bits per heavy atom. The van der Waals surface area contributed by atoms with Crippen molar-refractivity contribution >= 4 is 66.4 Å². The van der Waals surface area contributed by atoms with Gasteiger partial charge in [0.15, 0.2) is 0 Å². The van der Waals surface area contributed by atoms with Crippen LogP contribution in [0.15, 0.2) is 140 Å². The number of nitrogens with one attached hydrogen (secondary N) is 4. The zero-order valence-electron chi connectivity index (χ0n) is 37.5. The zero-order chi connectivity index (χ0) is 50.1. The monoisotopic (exact) mass is 1040 g/mol. The van der Waals surface area contributed by atoms with E-state index in [1.807, 2.05) is 24.3 Å². The van der Waals surface area contributed by atoms with Crippen molar-refractivity contribution in [2.75, 3.05) is 43.9 Å². The maximum Gasteiger partial charge on any atom is 0.416 e. The summed E-state index contributed by atoms with van der Waals surface area (Å²) in [6, 6.07) is 31.2. The largest absolute Gasteiger partial charge is 0.497 e. The number of benzene rings is 4. The molecular formula is C48H49Cl2F3N6O9S2. The van der Waals surface area contributed by atoms with Crippen molar-refractivity contribution in [3.05, 3.63) is 160 Å². The van der Waals surface area contributed by atoms with Crippen LogP contribution < -0.4 is 26.0 Å². The average molecular weight is 1050 g/mol. The van der Waals surface area contributed by atoms with Crippen molar-refractivity contribution in [3.63, 3.8) is 0 Å². The molecule has 2 fully saturated rings. The lowest BCUT2D eigenvalue weighted by Crippen LogP contribution is -2.42. The normalized spacial score (nSPS) is 15.3. The standard InChI is InChI=1S/C24H23ClF3N3O4S.C24H26ClN3O5S/c25-18-6-4-16(5-7-18)23(32)29-15-21-8-9-22(35-21)36(33,34)31-12-10-19(11-13-31)30-20-3-1-2-17(14-20)24(26,27)28;1-32-21-4-2-3-20(15-21)27-19-11-13-28(14-12-19)34(30,31)23-10-9-22(33-23)16-26-24(29)17-5-7-18(25)8-6-17/h1-9,14,19,30H,10-13,15H2,(H,29,32);2-10,15,19,27H,11-14,16H2,1H3,(H,26,29). The first-order valence-electron chi connectivity index (χ1n) is 22.0. The van der Waals surface area contributed by atoms with E-state index < -0.39 is 31.8 Å². The Morgan fingerprint density at radius 2 is 1.03 bits per heavy atom. The molecule has 0 radical (unpaired) electrons. The van der Waals surface area contributed by atoms with Gasteiger partial charge >= 0.3 is 6.18 Å². The molecule has 4 aromatic carbocycles. The minimum absolute atomic E-state index is 0.0000363. The molecule has 8 rings (SSSR count). The Labute approximate surface area is 413 Å². The number of ether oxygens (including phenoxy) is 1. The number of methoxy groups -OCH3 is 1. The lowest BCUT2D eigenvalue weighted by Gasteiger charge is -2.31. The van der Waals surface area contributed by atoms with Crippen LogP contribution in [0.2, 0.25) is 10.0 Å². The number of carbonyl (C=O) groups is 2. The van der Waals surface area contributed by atoms with E-state index in [2.05, 4.69) is 21.3 Å². The first-order valence-corrected chi connectivity index (χ1v) is 25.6. The summed E-state index contributed by atoms with van der Waals surface area (Å²) < 4.78 is 110. The van der Waals surface area contributed by atoms with Gasteiger partial charge in [-0.25, -0.2) is 16.8 Å². The quantitative estimate of drug-likeness (QED) is 0.0766. The summed E-state index contributed by atoms with van der Waals surface area (Å²) in [4.78, 5) is 24.5. The van der Waals surface area contributed by atoms with Crippen LogP contribution >= 0.6 is 23.2 Å². The molecule has 0 bridgehead atoms. The van der Waals surface area contributed by atoms with Gasteiger partial charge in [-0.1, -0.05) is 35.3 Å². The number of alkyl halides is 3. The number of piperidine rings is 2. The molecule has 6 aromatic rings. The van der Waals surface area contributed by atoms with Gasteiger partial charge in [0.25, 0.3) is 31.9 Å². The van der Waals surface area contributed by atoms with E-state index >= 15 is 0 Å². The summed E-state index contributed by atoms with van der Waals surface area (Å²) in [6.45, 7) is 1.20. The fourth-order valence-electron chi connectivity index (χ4n) is 7.63. The van der Waals surface area contributed by atoms with Gasteiger partial charge in [-0.2, -0.15) is 21.8 Å². The molecule has 0 aliphatic carbocycles. The van der Waals surface area contributed by atoms with E-state index in [1.165, 1.54) is 32.9 Å². The molecule has 70 heavy (non-hydrogen) atoms. The lowest BCUT2D eigenvalue weighted by atomic mass is 10.1. The number of amides is 2. The molecule has 0 atom stereocenters. The third kappa shape index (κ3) is 13.6. The smallest absolute Gasteiger partial charge is 0.416 e. The first-order chi connectivity index (χ1) is 33.4. The number of hydrogen-bond acceptors (Lipinski definition) is 11. The predicted octanol–water partition coefficient (Wildman–Crippen LogP) is 9.28. The van der Waals surface area contributed by atoms with Crippen LogP contribution in [0.25, 0.3) is 0 Å². The third-order valence-corrected chi connectivity index (χ3v) is 15.5. The summed E-state index contributed by atoms with van der Waals surface area (Å²) in [6.07, 6.45) is -2.27. The Morgan fingerprint density at radius 1 is 0.614 bits per heavy atom. The fourth-order valence-corrected chi connectivity index (χ4v) is 10.7. The number of anilines is 2. The van der Waals surface area contributed by atoms with Crippen molar-refractivity contribution in [3.8, 4) is 5.75 Å². The number of furan rings is 2. The highest BCUT2D eigenvalue weighted by atomic mass is 35.5. The second-order valence-electron chi connectivity index (χ2n) is 16.3. The van der Waals surface area contributed by atoms with Crippen molar-refractivity contribution in [2.24, 2.45) is 0 Å². The molecule has 2 amide bonds. The minimum atomic E-state index is -4.43. The van der Waals surface area contributed by atoms with E-state index in [1.54, 1.807) is 67.8 Å². The fraction of sp³-hybridized carbons (Fsp3) is 0.292. The van der Waals surface area contributed by atoms with Crippen LogP contribution in [0.4, 0.5) is 24.5 Å². The molecule has 2 aliphatic heterocycles. The highest BCUT2D eigenvalue weighted by molar-refractivity contribution is 7.89. The molecule has 15 nitrogen and oxygen atoms in total. The summed E-state index contributed by atoms with van der Waals surface area (Å²) in [7, 11) is -6.03. The van der Waals surface area contributed by atoms with Gasteiger partial charge in [0, 0.05) is 76.9 Å². The second kappa shape index (κ2) is 22.8. The lowest BCUT2D eigenvalue weighted by molar-refractivity contribution is -0.137. The maximum atomic E-state index is 13.0. The number of hydrogen-bond donors (Lipinski definition) is 4. The Kier molecular flexibility index (Phi) is 16.9. The van der Waals surface area contributed by atoms with Crippen LogP contribution in [-0.4, -0.2) is 82.6 Å². The Hall–Kier alpha value is -6.03. The molecule has 0 saturated carbocycles. The highest BCUT2D eigenvalue weighted by Gasteiger charge is 2.34. The molecule has 0 unspecified atom stereocenters. The molecular weight excluding hydrogens is 997 g/mol. The number of sulfonamides is 2. The van der Waals surface area contributed by atoms with E-state index in [0.29, 0.717) is 71.4 Å². The minimum Gasteiger partial charge on any atom is -0.497 e. The molecule has 372 valence electrons. The van der Waals surface area contributed by atoms with Crippen molar-refractivity contribution in [1.82, 2.24) is 19.2 Å². The molecule has 4 N–H and O–H groups in total. The Balaban J connectivity index is 0.000000207. The summed E-state index contributed by atoms with van der Waals surface area (Å²) in [5, 5.41) is 12.6. The highest BCUT2D eigenvalue weighted by Crippen LogP contribution is 2.32. The number of nitrogens with zero attached hydrogens (tertiary/aromatic N) is 2. The molecule has 22 heteroatoms. The average Bonchev–Trinajstić information content (AvgIpc) is 4.05. The van der Waals surface area contributed by atoms with Crippen LogP contribution in [0.1, 0.15) is 63.5 Å². The summed E-state index contributed by atoms with van der Waals surface area (Å²) in [5.74, 6) is 0.737. The summed E-state index contributed by atoms with van der Waals surface area (Å²) in [5.41, 5.74) is 1.39. The second-order valence-corrected chi connectivity index (χ2v) is 20.9. The molecule has 2 aliphatic rings. The number of rotatable bonds is 15. The van der Waals surface area contributed by atoms with Gasteiger partial charge in [-0.3, -0.25) is 9.59 Å². The van der Waals surface area contributed by atoms with Crippen molar-refractivity contribution < 1.29 is 53.2 Å². The number of carbonyl (C=O) groups excluding carboxylic acids is 2.